The van der Waals surface area contributed by atoms with Crippen LogP contribution in [-0.2, 0) is 0 Å². The summed E-state index contributed by atoms with van der Waals surface area (Å²) in [5.74, 6) is -0.146. The molecular weight excluding hydrogens is 826 g/mol. The van der Waals surface area contributed by atoms with E-state index in [0.29, 0.717) is 11.3 Å². The SMILES string of the molecule is [B]=S(C)n1nc(/C=C/c2ccccc2)c2ccc(Nc3cccc(N)c3)cc21.[B]=S(C)n1nc(/C=C/c2ccccc2)c2ccc(Nc3cccc(NC(=O)c4ccccc4)c3)cc21. The van der Waals surface area contributed by atoms with Crippen LogP contribution in [-0.4, -0.2) is 50.2 Å². The predicted octanol–water partition coefficient (Wildman–Crippen LogP) is 12.2. The molecule has 1 amide bonds. The molecule has 0 fully saturated rings. The van der Waals surface area contributed by atoms with E-state index >= 15 is 0 Å². The van der Waals surface area contributed by atoms with Crippen molar-refractivity contribution in [1.82, 2.24) is 18.4 Å². The number of carbonyl (C=O) groups is 1. The average Bonchev–Trinajstić information content (AvgIpc) is 3.87. The number of fused-ring (bicyclic) bond motifs is 2. The Kier molecular flexibility index (Phi) is 13.7. The summed E-state index contributed by atoms with van der Waals surface area (Å²) in [5, 5.41) is 21.4. The van der Waals surface area contributed by atoms with Crippen LogP contribution in [0.1, 0.15) is 32.9 Å². The molecule has 9 nitrogen and oxygen atoms in total. The minimum atomic E-state index is -0.568. The maximum absolute atomic E-state index is 12.5. The molecule has 0 bridgehead atoms. The van der Waals surface area contributed by atoms with Crippen molar-refractivity contribution in [2.24, 2.45) is 0 Å². The van der Waals surface area contributed by atoms with Crippen LogP contribution in [0.4, 0.5) is 34.1 Å². The van der Waals surface area contributed by atoms with Crippen molar-refractivity contribution in [1.29, 1.82) is 0 Å². The third kappa shape index (κ3) is 10.8. The Labute approximate surface area is 380 Å². The Balaban J connectivity index is 0.000000181. The Hall–Kier alpha value is -7.34. The number of nitrogens with two attached hydrogens (primary N) is 1. The van der Waals surface area contributed by atoms with Crippen molar-refractivity contribution in [3.05, 3.63) is 204 Å². The Morgan fingerprint density at radius 1 is 0.516 bits per heavy atom. The van der Waals surface area contributed by atoms with Crippen molar-refractivity contribution < 1.29 is 4.79 Å². The Bertz CT molecular complexity index is 3190. The van der Waals surface area contributed by atoms with E-state index < -0.39 is 21.0 Å². The van der Waals surface area contributed by atoms with E-state index in [0.717, 1.165) is 72.8 Å². The molecule has 0 aliphatic carbocycles. The van der Waals surface area contributed by atoms with Gasteiger partial charge in [0.25, 0.3) is 0 Å². The van der Waals surface area contributed by atoms with E-state index in [2.05, 4.69) is 70.6 Å². The summed E-state index contributed by atoms with van der Waals surface area (Å²) in [5.41, 5.74) is 17.6. The fourth-order valence-corrected chi connectivity index (χ4v) is 8.32. The zero-order valence-corrected chi connectivity index (χ0v) is 36.9. The average molecular weight is 871 g/mol. The van der Waals surface area contributed by atoms with Crippen molar-refractivity contribution >= 4 is 121 Å². The van der Waals surface area contributed by atoms with Crippen LogP contribution in [0.3, 0.4) is 0 Å². The first-order chi connectivity index (χ1) is 31.2. The number of hydrogen-bond acceptors (Lipinski definition) is 6. The second-order valence-electron chi connectivity index (χ2n) is 14.8. The van der Waals surface area contributed by atoms with Gasteiger partial charge in [0, 0.05) is 0 Å². The summed E-state index contributed by atoms with van der Waals surface area (Å²) in [4.78, 5) is 12.5. The Morgan fingerprint density at radius 2 is 0.953 bits per heavy atom. The molecule has 13 heteroatoms. The molecule has 7 aromatic carbocycles. The summed E-state index contributed by atoms with van der Waals surface area (Å²) >= 11 is 0. The van der Waals surface area contributed by atoms with Crippen LogP contribution in [0, 0.1) is 0 Å². The van der Waals surface area contributed by atoms with Gasteiger partial charge in [-0.3, -0.25) is 0 Å². The molecule has 2 radical (unpaired) electrons. The van der Waals surface area contributed by atoms with E-state index in [1.165, 1.54) is 0 Å². The molecule has 312 valence electrons. The molecule has 2 unspecified atom stereocenters. The molecule has 0 spiro atoms. The Morgan fingerprint density at radius 3 is 1.44 bits per heavy atom. The molecule has 2 heterocycles. The number of rotatable bonds is 12. The van der Waals surface area contributed by atoms with Gasteiger partial charge in [-0.15, -0.1) is 0 Å². The van der Waals surface area contributed by atoms with Gasteiger partial charge < -0.3 is 0 Å². The first-order valence-corrected chi connectivity index (χ1v) is 23.7. The van der Waals surface area contributed by atoms with Crippen molar-refractivity contribution in [2.75, 3.05) is 34.2 Å². The minimum absolute atomic E-state index is 0.146. The number of nitrogens with zero attached hydrogens (tertiary/aromatic N) is 4. The fraction of sp³-hybridized carbons (Fsp3) is 0.0392. The van der Waals surface area contributed by atoms with Gasteiger partial charge in [0.05, 0.1) is 0 Å². The first kappa shape index (κ1) is 43.3. The summed E-state index contributed by atoms with van der Waals surface area (Å²) < 4.78 is 3.74. The fourth-order valence-electron chi connectivity index (χ4n) is 6.96. The van der Waals surface area contributed by atoms with Crippen LogP contribution in [0.2, 0.25) is 0 Å². The van der Waals surface area contributed by atoms with E-state index in [1.54, 1.807) is 12.1 Å². The van der Waals surface area contributed by atoms with Crippen LogP contribution in [0.5, 0.6) is 0 Å². The van der Waals surface area contributed by atoms with Gasteiger partial charge in [0.15, 0.2) is 0 Å². The van der Waals surface area contributed by atoms with Gasteiger partial charge in [-0.05, 0) is 12.1 Å². The molecule has 64 heavy (non-hydrogen) atoms. The van der Waals surface area contributed by atoms with Crippen molar-refractivity contribution in [3.63, 3.8) is 0 Å². The normalized spacial score (nSPS) is 12.2. The third-order valence-electron chi connectivity index (χ3n) is 9.99. The molecule has 2 aromatic heterocycles. The predicted molar refractivity (Wildman–Crippen MR) is 278 cm³/mol. The monoisotopic (exact) mass is 870 g/mol. The van der Waals surface area contributed by atoms with Crippen LogP contribution in [0.25, 0.3) is 46.1 Å². The molecule has 0 saturated carbocycles. The van der Waals surface area contributed by atoms with E-state index in [1.807, 2.05) is 154 Å². The van der Waals surface area contributed by atoms with Gasteiger partial charge in [-0.2, -0.15) is 0 Å². The number of carbonyl (C=O) groups excluding carboxylic acids is 1. The zero-order valence-electron chi connectivity index (χ0n) is 35.3. The van der Waals surface area contributed by atoms with Gasteiger partial charge in [-0.25, -0.2) is 0 Å². The summed E-state index contributed by atoms with van der Waals surface area (Å²) in [6.07, 6.45) is 12.1. The maximum atomic E-state index is 12.5. The van der Waals surface area contributed by atoms with Gasteiger partial charge >= 0.3 is 352 Å². The summed E-state index contributed by atoms with van der Waals surface area (Å²) in [6.45, 7) is 12.5. The molecule has 2 atom stereocenters. The molecule has 0 saturated heterocycles. The van der Waals surface area contributed by atoms with Crippen LogP contribution < -0.4 is 21.7 Å². The number of anilines is 6. The standard InChI is InChI=1S/C29H24BN4OS.C22H20BN4S/c1-36(30)34-28-20-25(16-17-26(28)27(33-34)18-15-21-9-4-2-5-10-21)31-23-13-8-14-24(19-23)32-29(35)22-11-6-3-7-12-22;1-28(23)27-22-15-19(25-18-9-5-8-17(24)14-18)11-12-20(22)21(26-27)13-10-16-6-3-2-4-7-16/h2-20,31H,1H3,(H,32,35);2-15,25H,24H2,1H3/b18-15+;13-10+. The van der Waals surface area contributed by atoms with Crippen LogP contribution >= 0.6 is 21.0 Å². The second-order valence-corrected chi connectivity index (χ2v) is 17.6. The first-order valence-electron chi connectivity index (χ1n) is 20.4. The number of benzene rings is 7. The quantitative estimate of drug-likeness (QED) is 0.0718. The number of aromatic nitrogens is 4. The van der Waals surface area contributed by atoms with E-state index in [9.17, 15) is 4.79 Å². The van der Waals surface area contributed by atoms with Crippen LogP contribution in [0.15, 0.2) is 176 Å². The molecule has 9 rings (SSSR count). The second kappa shape index (κ2) is 20.2. The summed E-state index contributed by atoms with van der Waals surface area (Å²) in [7, 11) is -1.08. The van der Waals surface area contributed by atoms with Gasteiger partial charge in [0.1, 0.15) is 0 Å². The van der Waals surface area contributed by atoms with Crippen molar-refractivity contribution in [2.45, 2.75) is 0 Å². The van der Waals surface area contributed by atoms with E-state index in [4.69, 9.17) is 29.4 Å². The third-order valence-corrected chi connectivity index (χ3v) is 11.6. The molecule has 5 N–H and O–H groups in total. The van der Waals surface area contributed by atoms with Crippen molar-refractivity contribution in [3.8, 4) is 0 Å². The van der Waals surface area contributed by atoms with Gasteiger partial charge in [0.2, 0.25) is 0 Å². The zero-order chi connectivity index (χ0) is 44.4. The molecule has 0 aliphatic rings. The number of hydrogen-bond donors (Lipinski definition) is 4. The molecular formula is C51H44B2N8OS2. The number of amides is 1. The molecule has 9 aromatic rings. The van der Waals surface area contributed by atoms with Gasteiger partial charge in [-0.1, -0.05) is 18.2 Å². The topological polar surface area (TPSA) is 115 Å². The summed E-state index contributed by atoms with van der Waals surface area (Å²) in [6, 6.07) is 57.1. The number of nitrogen functional groups attached to an aromatic ring is 1. The number of nitrogens with one attached hydrogen (secondary N) is 3. The molecule has 0 aliphatic heterocycles. The van der Waals surface area contributed by atoms with E-state index in [-0.39, 0.29) is 5.91 Å².